The van der Waals surface area contributed by atoms with Crippen LogP contribution in [0.2, 0.25) is 0 Å². The van der Waals surface area contributed by atoms with Gasteiger partial charge in [0.2, 0.25) is 0 Å². The maximum atomic E-state index is 9.70. The van der Waals surface area contributed by atoms with Crippen LogP contribution in [0.15, 0.2) is 0 Å². The minimum atomic E-state index is -0.0838. The Morgan fingerprint density at radius 2 is 2.21 bits per heavy atom. The molecule has 1 aromatic heterocycles. The summed E-state index contributed by atoms with van der Waals surface area (Å²) >= 11 is 1.77. The zero-order chi connectivity index (χ0) is 10.1. The minimum Gasteiger partial charge on any atom is -0.393 e. The Hall–Kier alpha value is -0.410. The average Bonchev–Trinajstić information content (AvgIpc) is 2.92. The molecule has 0 aromatic carbocycles. The molecule has 1 N–H and O–H groups in total. The molecule has 0 amide bonds. The number of aliphatic hydroxyl groups is 1. The Bertz CT molecular complexity index is 298. The van der Waals surface area contributed by atoms with Crippen molar-refractivity contribution in [2.45, 2.75) is 45.6 Å². The molecule has 0 bridgehead atoms. The topological polar surface area (TPSA) is 33.1 Å². The van der Waals surface area contributed by atoms with Crippen LogP contribution in [0.1, 0.15) is 34.8 Å². The van der Waals surface area contributed by atoms with Gasteiger partial charge in [0.25, 0.3) is 0 Å². The van der Waals surface area contributed by atoms with E-state index in [2.05, 4.69) is 11.9 Å². The Kier molecular flexibility index (Phi) is 2.88. The normalized spacial score (nSPS) is 18.5. The molecule has 1 aliphatic carbocycles. The summed E-state index contributed by atoms with van der Waals surface area (Å²) in [7, 11) is 0. The van der Waals surface area contributed by atoms with Crippen LogP contribution >= 0.6 is 11.3 Å². The van der Waals surface area contributed by atoms with Gasteiger partial charge in [-0.1, -0.05) is 0 Å². The molecule has 1 atom stereocenters. The molecular weight excluding hydrogens is 194 g/mol. The summed E-state index contributed by atoms with van der Waals surface area (Å²) in [6, 6.07) is 0. The van der Waals surface area contributed by atoms with E-state index < -0.39 is 0 Å². The summed E-state index contributed by atoms with van der Waals surface area (Å²) < 4.78 is 0. The van der Waals surface area contributed by atoms with Crippen LogP contribution in [-0.4, -0.2) is 16.2 Å². The molecule has 3 heteroatoms. The van der Waals surface area contributed by atoms with Gasteiger partial charge < -0.3 is 5.11 Å². The number of aromatic nitrogens is 1. The van der Waals surface area contributed by atoms with Gasteiger partial charge in [0.15, 0.2) is 0 Å². The van der Waals surface area contributed by atoms with Crippen molar-refractivity contribution in [3.05, 3.63) is 15.6 Å². The molecule has 1 saturated carbocycles. The van der Waals surface area contributed by atoms with Crippen molar-refractivity contribution in [1.82, 2.24) is 4.98 Å². The highest BCUT2D eigenvalue weighted by molar-refractivity contribution is 7.11. The molecular formula is C11H17NOS. The zero-order valence-corrected chi connectivity index (χ0v) is 9.60. The summed E-state index contributed by atoms with van der Waals surface area (Å²) in [6.45, 7) is 4.15. The third-order valence-electron chi connectivity index (χ3n) is 2.89. The van der Waals surface area contributed by atoms with Gasteiger partial charge in [-0.05, 0) is 39.0 Å². The maximum Gasteiger partial charge on any atom is 0.0931 e. The lowest BCUT2D eigenvalue weighted by Crippen LogP contribution is -2.09. The second-order valence-corrected chi connectivity index (χ2v) is 5.48. The maximum absolute atomic E-state index is 9.70. The van der Waals surface area contributed by atoms with Crippen molar-refractivity contribution in [3.8, 4) is 0 Å². The molecule has 78 valence electrons. The van der Waals surface area contributed by atoms with Gasteiger partial charge in [0, 0.05) is 11.3 Å². The Labute approximate surface area is 89.0 Å². The molecule has 1 aromatic rings. The smallest absolute Gasteiger partial charge is 0.0931 e. The number of hydrogen-bond acceptors (Lipinski definition) is 3. The molecule has 1 unspecified atom stereocenters. The van der Waals surface area contributed by atoms with Gasteiger partial charge in [-0.3, -0.25) is 0 Å². The van der Waals surface area contributed by atoms with E-state index in [0.29, 0.717) is 5.92 Å². The number of rotatable bonds is 4. The van der Waals surface area contributed by atoms with Crippen molar-refractivity contribution in [1.29, 1.82) is 0 Å². The van der Waals surface area contributed by atoms with Crippen LogP contribution in [-0.2, 0) is 6.42 Å². The lowest BCUT2D eigenvalue weighted by atomic mass is 10.1. The predicted octanol–water partition coefficient (Wildman–Crippen LogP) is 2.46. The summed E-state index contributed by atoms with van der Waals surface area (Å²) in [5.41, 5.74) is 1.14. The van der Waals surface area contributed by atoms with Crippen molar-refractivity contribution in [2.75, 3.05) is 0 Å². The van der Waals surface area contributed by atoms with Crippen LogP contribution in [0.25, 0.3) is 0 Å². The number of thiazole rings is 1. The van der Waals surface area contributed by atoms with E-state index in [0.717, 1.165) is 18.5 Å². The molecule has 0 saturated heterocycles. The number of nitrogens with zero attached hydrogens (tertiary/aromatic N) is 1. The Morgan fingerprint density at radius 1 is 1.50 bits per heavy atom. The van der Waals surface area contributed by atoms with Gasteiger partial charge in [0.05, 0.1) is 16.8 Å². The van der Waals surface area contributed by atoms with E-state index in [1.807, 2.05) is 6.92 Å². The van der Waals surface area contributed by atoms with E-state index >= 15 is 0 Å². The SMILES string of the molecule is Cc1nc(CCC(O)C2CC2)sc1C. The number of hydrogen-bond donors (Lipinski definition) is 1. The highest BCUT2D eigenvalue weighted by Crippen LogP contribution is 2.34. The zero-order valence-electron chi connectivity index (χ0n) is 8.79. The quantitative estimate of drug-likeness (QED) is 0.830. The van der Waals surface area contributed by atoms with Crippen molar-refractivity contribution < 1.29 is 5.11 Å². The van der Waals surface area contributed by atoms with Crippen LogP contribution < -0.4 is 0 Å². The third-order valence-corrected chi connectivity index (χ3v) is 4.03. The molecule has 0 radical (unpaired) electrons. The highest BCUT2D eigenvalue weighted by Gasteiger charge is 2.29. The van der Waals surface area contributed by atoms with Crippen LogP contribution in [0, 0.1) is 19.8 Å². The first-order chi connectivity index (χ1) is 6.66. The first-order valence-corrected chi connectivity index (χ1v) is 6.09. The van der Waals surface area contributed by atoms with E-state index in [1.54, 1.807) is 11.3 Å². The second-order valence-electron chi connectivity index (χ2n) is 4.19. The summed E-state index contributed by atoms with van der Waals surface area (Å²) in [5, 5.41) is 10.9. The van der Waals surface area contributed by atoms with Crippen LogP contribution in [0.3, 0.4) is 0 Å². The van der Waals surface area contributed by atoms with E-state index in [1.165, 1.54) is 22.7 Å². The molecule has 2 rings (SSSR count). The van der Waals surface area contributed by atoms with Crippen LogP contribution in [0.5, 0.6) is 0 Å². The first kappa shape index (κ1) is 10.1. The molecule has 2 nitrogen and oxygen atoms in total. The fraction of sp³-hybridized carbons (Fsp3) is 0.727. The third kappa shape index (κ3) is 2.34. The van der Waals surface area contributed by atoms with E-state index in [9.17, 15) is 5.11 Å². The number of aliphatic hydroxyl groups excluding tert-OH is 1. The molecule has 1 aliphatic rings. The van der Waals surface area contributed by atoms with Crippen molar-refractivity contribution in [2.24, 2.45) is 5.92 Å². The van der Waals surface area contributed by atoms with Crippen molar-refractivity contribution >= 4 is 11.3 Å². The fourth-order valence-corrected chi connectivity index (χ4v) is 2.58. The molecule has 0 aliphatic heterocycles. The molecule has 1 fully saturated rings. The standard InChI is InChI=1S/C11H17NOS/c1-7-8(2)14-11(12-7)6-5-10(13)9-3-4-9/h9-10,13H,3-6H2,1-2H3. The van der Waals surface area contributed by atoms with E-state index in [-0.39, 0.29) is 6.10 Å². The molecule has 14 heavy (non-hydrogen) atoms. The molecule has 0 spiro atoms. The fourth-order valence-electron chi connectivity index (χ4n) is 1.63. The van der Waals surface area contributed by atoms with Crippen LogP contribution in [0.4, 0.5) is 0 Å². The lowest BCUT2D eigenvalue weighted by molar-refractivity contribution is 0.142. The monoisotopic (exact) mass is 211 g/mol. The summed E-state index contributed by atoms with van der Waals surface area (Å²) in [6.07, 6.45) is 4.18. The number of aryl methyl sites for hydroxylation is 3. The highest BCUT2D eigenvalue weighted by atomic mass is 32.1. The first-order valence-electron chi connectivity index (χ1n) is 5.28. The largest absolute Gasteiger partial charge is 0.393 e. The van der Waals surface area contributed by atoms with Gasteiger partial charge >= 0.3 is 0 Å². The van der Waals surface area contributed by atoms with Gasteiger partial charge in [-0.2, -0.15) is 0 Å². The Balaban J connectivity index is 1.84. The predicted molar refractivity (Wildman–Crippen MR) is 58.6 cm³/mol. The Morgan fingerprint density at radius 3 is 2.71 bits per heavy atom. The van der Waals surface area contributed by atoms with Gasteiger partial charge in [-0.25, -0.2) is 4.98 Å². The van der Waals surface area contributed by atoms with Gasteiger partial charge in [0.1, 0.15) is 0 Å². The lowest BCUT2D eigenvalue weighted by Gasteiger charge is -2.06. The van der Waals surface area contributed by atoms with Gasteiger partial charge in [-0.15, -0.1) is 11.3 Å². The second kappa shape index (κ2) is 3.99. The average molecular weight is 211 g/mol. The van der Waals surface area contributed by atoms with E-state index in [4.69, 9.17) is 0 Å². The summed E-state index contributed by atoms with van der Waals surface area (Å²) in [4.78, 5) is 5.78. The summed E-state index contributed by atoms with van der Waals surface area (Å²) in [5.74, 6) is 0.595. The van der Waals surface area contributed by atoms with Crippen molar-refractivity contribution in [3.63, 3.8) is 0 Å². The minimum absolute atomic E-state index is 0.0838. The molecule has 1 heterocycles.